The van der Waals surface area contributed by atoms with Crippen molar-refractivity contribution in [2.75, 3.05) is 20.6 Å². The molecule has 1 rings (SSSR count). The molecule has 4 nitrogen and oxygen atoms in total. The first-order valence-corrected chi connectivity index (χ1v) is 8.26. The van der Waals surface area contributed by atoms with Gasteiger partial charge in [-0.25, -0.2) is 0 Å². The summed E-state index contributed by atoms with van der Waals surface area (Å²) in [4.78, 5) is 14.5. The van der Waals surface area contributed by atoms with Crippen LogP contribution in [-0.4, -0.2) is 43.0 Å². The Kier molecular flexibility index (Phi) is 6.23. The molecule has 0 radical (unpaired) electrons. The molecule has 21 heavy (non-hydrogen) atoms. The summed E-state index contributed by atoms with van der Waals surface area (Å²) in [5.74, 6) is 0.812. The van der Waals surface area contributed by atoms with E-state index in [0.29, 0.717) is 6.42 Å². The number of rotatable bonds is 5. The van der Waals surface area contributed by atoms with Crippen molar-refractivity contribution in [1.82, 2.24) is 10.2 Å². The summed E-state index contributed by atoms with van der Waals surface area (Å²) in [5.41, 5.74) is 6.18. The lowest BCUT2D eigenvalue weighted by Crippen LogP contribution is -2.55. The fraction of sp³-hybridized carbons (Fsp3) is 0.941. The maximum Gasteiger partial charge on any atom is 0.221 e. The third kappa shape index (κ3) is 5.26. The van der Waals surface area contributed by atoms with Crippen LogP contribution in [0.15, 0.2) is 0 Å². The quantitative estimate of drug-likeness (QED) is 0.819. The van der Waals surface area contributed by atoms with Gasteiger partial charge in [-0.15, -0.1) is 0 Å². The van der Waals surface area contributed by atoms with Crippen LogP contribution in [0.3, 0.4) is 0 Å². The van der Waals surface area contributed by atoms with E-state index in [1.165, 1.54) is 12.8 Å². The Morgan fingerprint density at radius 2 is 2.05 bits per heavy atom. The fourth-order valence-electron chi connectivity index (χ4n) is 3.20. The number of nitrogens with one attached hydrogen (secondary N) is 1. The molecule has 3 unspecified atom stereocenters. The minimum atomic E-state index is -0.0990. The normalized spacial score (nSPS) is 28.5. The Morgan fingerprint density at radius 1 is 1.43 bits per heavy atom. The largest absolute Gasteiger partial charge is 0.354 e. The van der Waals surface area contributed by atoms with Gasteiger partial charge in [0.15, 0.2) is 0 Å². The molecule has 1 amide bonds. The Morgan fingerprint density at radius 3 is 2.52 bits per heavy atom. The monoisotopic (exact) mass is 297 g/mol. The van der Waals surface area contributed by atoms with Crippen LogP contribution >= 0.6 is 0 Å². The maximum absolute atomic E-state index is 12.2. The molecule has 0 aliphatic heterocycles. The number of amides is 1. The smallest absolute Gasteiger partial charge is 0.221 e. The van der Waals surface area contributed by atoms with Crippen LogP contribution < -0.4 is 11.1 Å². The minimum absolute atomic E-state index is 0.0318. The minimum Gasteiger partial charge on any atom is -0.354 e. The third-order valence-corrected chi connectivity index (χ3v) is 5.15. The molecule has 4 heteroatoms. The average molecular weight is 297 g/mol. The van der Waals surface area contributed by atoms with Gasteiger partial charge in [0.25, 0.3) is 0 Å². The van der Waals surface area contributed by atoms with Crippen LogP contribution in [0.25, 0.3) is 0 Å². The Hall–Kier alpha value is -0.610. The summed E-state index contributed by atoms with van der Waals surface area (Å²) < 4.78 is 0. The van der Waals surface area contributed by atoms with Crippen molar-refractivity contribution in [2.24, 2.45) is 17.1 Å². The molecule has 1 saturated carbocycles. The van der Waals surface area contributed by atoms with E-state index in [9.17, 15) is 4.79 Å². The van der Waals surface area contributed by atoms with Crippen LogP contribution in [0.1, 0.15) is 59.8 Å². The Balaban J connectivity index is 2.56. The summed E-state index contributed by atoms with van der Waals surface area (Å²) in [6, 6.07) is -0.0990. The van der Waals surface area contributed by atoms with Gasteiger partial charge in [0.05, 0.1) is 0 Å². The van der Waals surface area contributed by atoms with Gasteiger partial charge < -0.3 is 16.0 Å². The molecule has 1 aliphatic carbocycles. The van der Waals surface area contributed by atoms with Gasteiger partial charge in [0.2, 0.25) is 5.91 Å². The molecule has 0 aromatic rings. The van der Waals surface area contributed by atoms with E-state index < -0.39 is 0 Å². The van der Waals surface area contributed by atoms with E-state index in [-0.39, 0.29) is 22.9 Å². The van der Waals surface area contributed by atoms with Gasteiger partial charge in [0, 0.05) is 24.5 Å². The summed E-state index contributed by atoms with van der Waals surface area (Å²) in [6.45, 7) is 9.29. The van der Waals surface area contributed by atoms with Crippen molar-refractivity contribution in [3.05, 3.63) is 0 Å². The highest BCUT2D eigenvalue weighted by Gasteiger charge is 2.37. The molecule has 1 fully saturated rings. The lowest BCUT2D eigenvalue weighted by molar-refractivity contribution is -0.122. The molecule has 0 saturated heterocycles. The highest BCUT2D eigenvalue weighted by atomic mass is 16.1. The van der Waals surface area contributed by atoms with Crippen LogP contribution in [0.2, 0.25) is 0 Å². The number of likely N-dealkylation sites (N-methyl/N-ethyl adjacent to an activating group) is 1. The molecule has 0 bridgehead atoms. The standard InChI is InChI=1S/C17H35N3O/c1-13-8-7-9-17(11-13,20(5)6)12-19-15(21)10-14(18)16(2,3)4/h13-14H,7-12,18H2,1-6H3,(H,19,21). The first-order valence-electron chi connectivity index (χ1n) is 8.26. The molecule has 0 heterocycles. The zero-order valence-corrected chi connectivity index (χ0v) is 14.8. The summed E-state index contributed by atoms with van der Waals surface area (Å²) in [6.07, 6.45) is 5.28. The number of carbonyl (C=O) groups excluding carboxylic acids is 1. The van der Waals surface area contributed by atoms with E-state index >= 15 is 0 Å². The van der Waals surface area contributed by atoms with Crippen molar-refractivity contribution < 1.29 is 4.79 Å². The Labute approximate surface area is 130 Å². The number of nitrogens with two attached hydrogens (primary N) is 1. The highest BCUT2D eigenvalue weighted by molar-refractivity contribution is 5.76. The van der Waals surface area contributed by atoms with Gasteiger partial charge in [-0.3, -0.25) is 4.79 Å². The molecule has 0 spiro atoms. The molecule has 0 aromatic heterocycles. The second-order valence-corrected chi connectivity index (χ2v) is 8.27. The first kappa shape index (κ1) is 18.4. The molecule has 3 atom stereocenters. The van der Waals surface area contributed by atoms with Crippen molar-refractivity contribution in [1.29, 1.82) is 0 Å². The Bertz CT molecular complexity index is 348. The topological polar surface area (TPSA) is 58.4 Å². The van der Waals surface area contributed by atoms with Crippen LogP contribution in [0.5, 0.6) is 0 Å². The van der Waals surface area contributed by atoms with E-state index in [0.717, 1.165) is 25.3 Å². The number of hydrogen-bond acceptors (Lipinski definition) is 3. The van der Waals surface area contributed by atoms with Crippen molar-refractivity contribution in [3.63, 3.8) is 0 Å². The summed E-state index contributed by atoms with van der Waals surface area (Å²) in [7, 11) is 4.26. The number of carbonyl (C=O) groups is 1. The predicted octanol–water partition coefficient (Wildman–Crippen LogP) is 2.38. The van der Waals surface area contributed by atoms with Gasteiger partial charge in [-0.05, 0) is 38.3 Å². The molecule has 0 aromatic carbocycles. The fourth-order valence-corrected chi connectivity index (χ4v) is 3.20. The van der Waals surface area contributed by atoms with Crippen molar-refractivity contribution in [2.45, 2.75) is 71.4 Å². The summed E-state index contributed by atoms with van der Waals surface area (Å²) in [5, 5.41) is 3.14. The van der Waals surface area contributed by atoms with E-state index in [1.54, 1.807) is 0 Å². The van der Waals surface area contributed by atoms with Crippen LogP contribution in [-0.2, 0) is 4.79 Å². The average Bonchev–Trinajstić information content (AvgIpc) is 2.35. The molecule has 1 aliphatic rings. The highest BCUT2D eigenvalue weighted by Crippen LogP contribution is 2.35. The number of hydrogen-bond donors (Lipinski definition) is 2. The van der Waals surface area contributed by atoms with Crippen molar-refractivity contribution >= 4 is 5.91 Å². The third-order valence-electron chi connectivity index (χ3n) is 5.15. The van der Waals surface area contributed by atoms with Gasteiger partial charge in [0.1, 0.15) is 0 Å². The van der Waals surface area contributed by atoms with Crippen molar-refractivity contribution in [3.8, 4) is 0 Å². The van der Waals surface area contributed by atoms with E-state index in [1.807, 2.05) is 0 Å². The van der Waals surface area contributed by atoms with Crippen LogP contribution in [0.4, 0.5) is 0 Å². The molecule has 3 N–H and O–H groups in total. The van der Waals surface area contributed by atoms with Gasteiger partial charge >= 0.3 is 0 Å². The number of nitrogens with zero attached hydrogens (tertiary/aromatic N) is 1. The van der Waals surface area contributed by atoms with E-state index in [2.05, 4.69) is 52.0 Å². The zero-order chi connectivity index (χ0) is 16.3. The maximum atomic E-state index is 12.2. The van der Waals surface area contributed by atoms with Gasteiger partial charge in [-0.2, -0.15) is 0 Å². The lowest BCUT2D eigenvalue weighted by atomic mass is 9.75. The SMILES string of the molecule is CC1CCCC(CNC(=O)CC(N)C(C)(C)C)(N(C)C)C1. The lowest BCUT2D eigenvalue weighted by Gasteiger charge is -2.45. The molecular formula is C17H35N3O. The predicted molar refractivity (Wildman–Crippen MR) is 89.1 cm³/mol. The molecular weight excluding hydrogens is 262 g/mol. The second kappa shape index (κ2) is 7.10. The summed E-state index contributed by atoms with van der Waals surface area (Å²) >= 11 is 0. The second-order valence-electron chi connectivity index (χ2n) is 8.27. The first-order chi connectivity index (χ1) is 9.57. The van der Waals surface area contributed by atoms with E-state index in [4.69, 9.17) is 5.73 Å². The zero-order valence-electron chi connectivity index (χ0n) is 14.8. The van der Waals surface area contributed by atoms with Gasteiger partial charge in [-0.1, -0.05) is 40.5 Å². The molecule has 124 valence electrons. The van der Waals surface area contributed by atoms with Crippen LogP contribution in [0, 0.1) is 11.3 Å².